The van der Waals surface area contributed by atoms with Gasteiger partial charge < -0.3 is 10.1 Å². The minimum atomic E-state index is -0.255. The van der Waals surface area contributed by atoms with E-state index < -0.39 is 0 Å². The first-order valence-corrected chi connectivity index (χ1v) is 9.46. The summed E-state index contributed by atoms with van der Waals surface area (Å²) in [6, 6.07) is 6.25. The van der Waals surface area contributed by atoms with Crippen molar-refractivity contribution in [3.63, 3.8) is 0 Å². The average molecular weight is 360 g/mol. The Hall–Kier alpha value is -1.86. The van der Waals surface area contributed by atoms with E-state index in [2.05, 4.69) is 47.6 Å². The van der Waals surface area contributed by atoms with Crippen molar-refractivity contribution >= 4 is 17.7 Å². The van der Waals surface area contributed by atoms with Crippen LogP contribution in [0.5, 0.6) is 0 Å². The average Bonchev–Trinajstić information content (AvgIpc) is 3.24. The number of amides is 1. The Morgan fingerprint density at radius 2 is 2.32 bits per heavy atom. The Balaban J connectivity index is 1.64. The van der Waals surface area contributed by atoms with E-state index in [0.29, 0.717) is 11.7 Å². The smallest absolute Gasteiger partial charge is 0.233 e. The highest BCUT2D eigenvalue weighted by molar-refractivity contribution is 8.00. The van der Waals surface area contributed by atoms with Gasteiger partial charge in [-0.3, -0.25) is 9.36 Å². The highest BCUT2D eigenvalue weighted by Crippen LogP contribution is 2.25. The van der Waals surface area contributed by atoms with E-state index in [1.807, 2.05) is 11.5 Å². The molecule has 2 atom stereocenters. The molecule has 1 aromatic carbocycles. The number of thioether (sulfide) groups is 1. The molecular formula is C18H24N4O2S. The summed E-state index contributed by atoms with van der Waals surface area (Å²) in [6.45, 7) is 7.39. The van der Waals surface area contributed by atoms with E-state index in [1.54, 1.807) is 6.33 Å². The molecule has 0 aliphatic carbocycles. The van der Waals surface area contributed by atoms with Crippen molar-refractivity contribution in [2.75, 3.05) is 13.2 Å². The highest BCUT2D eigenvalue weighted by atomic mass is 32.2. The molecule has 1 saturated heterocycles. The van der Waals surface area contributed by atoms with Gasteiger partial charge in [-0.2, -0.15) is 0 Å². The maximum Gasteiger partial charge on any atom is 0.233 e. The summed E-state index contributed by atoms with van der Waals surface area (Å²) in [7, 11) is 0. The van der Waals surface area contributed by atoms with Gasteiger partial charge >= 0.3 is 0 Å². The van der Waals surface area contributed by atoms with Gasteiger partial charge in [-0.05, 0) is 45.2 Å². The zero-order chi connectivity index (χ0) is 17.8. The van der Waals surface area contributed by atoms with Crippen LogP contribution in [-0.4, -0.2) is 45.2 Å². The van der Waals surface area contributed by atoms with Crippen LogP contribution in [0.2, 0.25) is 0 Å². The molecule has 0 bridgehead atoms. The second-order valence-electron chi connectivity index (χ2n) is 6.41. The molecule has 2 aromatic rings. The number of carbonyl (C=O) groups is 1. The van der Waals surface area contributed by atoms with Gasteiger partial charge in [-0.1, -0.05) is 29.5 Å². The first-order valence-electron chi connectivity index (χ1n) is 8.58. The molecule has 25 heavy (non-hydrogen) atoms. The molecule has 0 spiro atoms. The lowest BCUT2D eigenvalue weighted by Crippen LogP contribution is -2.36. The predicted molar refractivity (Wildman–Crippen MR) is 98.1 cm³/mol. The van der Waals surface area contributed by atoms with Crippen molar-refractivity contribution in [1.29, 1.82) is 0 Å². The summed E-state index contributed by atoms with van der Waals surface area (Å²) in [5.41, 5.74) is 3.40. The maximum absolute atomic E-state index is 12.3. The highest BCUT2D eigenvalue weighted by Gasteiger charge is 2.21. The summed E-state index contributed by atoms with van der Waals surface area (Å²) in [5, 5.41) is 11.6. The van der Waals surface area contributed by atoms with E-state index in [0.717, 1.165) is 30.7 Å². The largest absolute Gasteiger partial charge is 0.376 e. The molecule has 134 valence electrons. The Morgan fingerprint density at radius 1 is 1.48 bits per heavy atom. The van der Waals surface area contributed by atoms with E-state index in [-0.39, 0.29) is 17.3 Å². The molecule has 1 aromatic heterocycles. The normalized spacial score (nSPS) is 18.3. The summed E-state index contributed by atoms with van der Waals surface area (Å²) in [6.07, 6.45) is 3.93. The first kappa shape index (κ1) is 17.9. The van der Waals surface area contributed by atoms with Crippen molar-refractivity contribution < 1.29 is 9.53 Å². The van der Waals surface area contributed by atoms with Gasteiger partial charge in [0.05, 0.1) is 17.0 Å². The number of aryl methyl sites for hydroxylation is 2. The molecule has 6 nitrogen and oxygen atoms in total. The lowest BCUT2D eigenvalue weighted by atomic mass is 10.1. The van der Waals surface area contributed by atoms with Gasteiger partial charge in [-0.15, -0.1) is 10.2 Å². The monoisotopic (exact) mass is 360 g/mol. The molecular weight excluding hydrogens is 336 g/mol. The molecule has 3 rings (SSSR count). The number of nitrogens with zero attached hydrogens (tertiary/aromatic N) is 3. The summed E-state index contributed by atoms with van der Waals surface area (Å²) in [4.78, 5) is 12.3. The van der Waals surface area contributed by atoms with Gasteiger partial charge in [0.15, 0.2) is 5.16 Å². The third-order valence-electron chi connectivity index (χ3n) is 4.31. The fraction of sp³-hybridized carbons (Fsp3) is 0.500. The fourth-order valence-electron chi connectivity index (χ4n) is 2.92. The minimum Gasteiger partial charge on any atom is -0.376 e. The molecule has 7 heteroatoms. The molecule has 0 radical (unpaired) electrons. The van der Waals surface area contributed by atoms with Crippen LogP contribution in [-0.2, 0) is 9.53 Å². The number of aromatic nitrogens is 3. The molecule has 0 unspecified atom stereocenters. The van der Waals surface area contributed by atoms with E-state index in [1.165, 1.54) is 17.3 Å². The van der Waals surface area contributed by atoms with Gasteiger partial charge in [0.25, 0.3) is 0 Å². The fourth-order valence-corrected chi connectivity index (χ4v) is 3.78. The summed E-state index contributed by atoms with van der Waals surface area (Å²) >= 11 is 1.41. The predicted octanol–water partition coefficient (Wildman–Crippen LogP) is 2.66. The number of ether oxygens (including phenoxy) is 1. The van der Waals surface area contributed by atoms with E-state index >= 15 is 0 Å². The second-order valence-corrected chi connectivity index (χ2v) is 7.72. The van der Waals surface area contributed by atoms with Crippen molar-refractivity contribution in [2.45, 2.75) is 50.1 Å². The first-order chi connectivity index (χ1) is 12.0. The summed E-state index contributed by atoms with van der Waals surface area (Å²) < 4.78 is 7.47. The maximum atomic E-state index is 12.3. The van der Waals surface area contributed by atoms with Gasteiger partial charge in [0.2, 0.25) is 5.91 Å². The topological polar surface area (TPSA) is 69.0 Å². The lowest BCUT2D eigenvalue weighted by Gasteiger charge is -2.15. The minimum absolute atomic E-state index is 0.00400. The van der Waals surface area contributed by atoms with Gasteiger partial charge in [0, 0.05) is 13.2 Å². The molecule has 0 saturated carbocycles. The zero-order valence-corrected chi connectivity index (χ0v) is 15.7. The van der Waals surface area contributed by atoms with Crippen LogP contribution in [0.4, 0.5) is 0 Å². The number of nitrogens with one attached hydrogen (secondary N) is 1. The molecule has 1 fully saturated rings. The van der Waals surface area contributed by atoms with Crippen molar-refractivity contribution in [3.05, 3.63) is 35.7 Å². The Morgan fingerprint density at radius 3 is 3.04 bits per heavy atom. The molecule has 1 aliphatic heterocycles. The quantitative estimate of drug-likeness (QED) is 0.802. The molecule has 1 aliphatic rings. The number of hydrogen-bond acceptors (Lipinski definition) is 5. The van der Waals surface area contributed by atoms with Gasteiger partial charge in [-0.25, -0.2) is 0 Å². The van der Waals surface area contributed by atoms with Crippen LogP contribution in [0.3, 0.4) is 0 Å². The second kappa shape index (κ2) is 8.01. The van der Waals surface area contributed by atoms with Crippen LogP contribution < -0.4 is 5.32 Å². The Kier molecular flexibility index (Phi) is 5.75. The zero-order valence-electron chi connectivity index (χ0n) is 14.9. The van der Waals surface area contributed by atoms with Crippen LogP contribution in [0.25, 0.3) is 5.69 Å². The Labute approximate surface area is 152 Å². The number of rotatable bonds is 6. The molecule has 2 heterocycles. The van der Waals surface area contributed by atoms with Gasteiger partial charge in [0.1, 0.15) is 6.33 Å². The molecule has 1 amide bonds. The SMILES string of the molecule is Cc1ccc(-n2cnnc2S[C@H](C)C(=O)NC[C@H]2CCCO2)c(C)c1. The van der Waals surface area contributed by atoms with Crippen molar-refractivity contribution in [3.8, 4) is 5.69 Å². The van der Waals surface area contributed by atoms with Crippen LogP contribution in [0.1, 0.15) is 30.9 Å². The number of hydrogen-bond donors (Lipinski definition) is 1. The molecule has 1 N–H and O–H groups in total. The number of benzene rings is 1. The third-order valence-corrected chi connectivity index (χ3v) is 5.36. The summed E-state index contributed by atoms with van der Waals surface area (Å²) in [5.74, 6) is -0.00400. The van der Waals surface area contributed by atoms with Crippen molar-refractivity contribution in [2.24, 2.45) is 0 Å². The van der Waals surface area contributed by atoms with E-state index in [9.17, 15) is 4.79 Å². The standard InChI is InChI=1S/C18H24N4O2S/c1-12-6-7-16(13(2)9-12)22-11-20-21-18(22)25-14(3)17(23)19-10-15-5-4-8-24-15/h6-7,9,11,14-15H,4-5,8,10H2,1-3H3,(H,19,23)/t14-,15-/m1/s1. The lowest BCUT2D eigenvalue weighted by molar-refractivity contribution is -0.120. The Bertz CT molecular complexity index is 740. The van der Waals surface area contributed by atoms with Crippen LogP contribution >= 0.6 is 11.8 Å². The van der Waals surface area contributed by atoms with Crippen LogP contribution in [0.15, 0.2) is 29.7 Å². The van der Waals surface area contributed by atoms with E-state index in [4.69, 9.17) is 4.74 Å². The van der Waals surface area contributed by atoms with Crippen molar-refractivity contribution in [1.82, 2.24) is 20.1 Å². The third kappa shape index (κ3) is 4.41. The van der Waals surface area contributed by atoms with Crippen LogP contribution in [0, 0.1) is 13.8 Å². The number of carbonyl (C=O) groups excluding carboxylic acids is 1.